The minimum atomic E-state index is -0.125. The number of carbonyl (C=O) groups excluding carboxylic acids is 1. The normalized spacial score (nSPS) is 14.9. The highest BCUT2D eigenvalue weighted by molar-refractivity contribution is 7.07. The zero-order chi connectivity index (χ0) is 20.5. The third-order valence-corrected chi connectivity index (χ3v) is 6.31. The minimum Gasteiger partial charge on any atom is -0.482 e. The summed E-state index contributed by atoms with van der Waals surface area (Å²) in [7, 11) is 0. The molecule has 5 nitrogen and oxygen atoms in total. The van der Waals surface area contributed by atoms with E-state index < -0.39 is 0 Å². The van der Waals surface area contributed by atoms with Crippen LogP contribution in [0.25, 0.3) is 11.3 Å². The molecule has 0 saturated heterocycles. The molecule has 0 spiro atoms. The van der Waals surface area contributed by atoms with Gasteiger partial charge in [0.05, 0.1) is 17.1 Å². The van der Waals surface area contributed by atoms with Gasteiger partial charge in [0.1, 0.15) is 5.75 Å². The van der Waals surface area contributed by atoms with Gasteiger partial charge in [-0.25, -0.2) is 4.99 Å². The van der Waals surface area contributed by atoms with Gasteiger partial charge in [0, 0.05) is 17.0 Å². The van der Waals surface area contributed by atoms with Crippen LogP contribution in [-0.4, -0.2) is 17.1 Å². The maximum Gasteiger partial charge on any atom is 0.262 e. The van der Waals surface area contributed by atoms with Gasteiger partial charge in [-0.05, 0) is 62.6 Å². The summed E-state index contributed by atoms with van der Waals surface area (Å²) in [5.41, 5.74) is 6.29. The van der Waals surface area contributed by atoms with E-state index in [-0.39, 0.29) is 12.5 Å². The number of fused-ring (bicyclic) bond motifs is 1. The van der Waals surface area contributed by atoms with Gasteiger partial charge in [0.15, 0.2) is 11.4 Å². The highest BCUT2D eigenvalue weighted by Crippen LogP contribution is 2.34. The molecule has 1 aliphatic rings. The highest BCUT2D eigenvalue weighted by Gasteiger charge is 2.19. The summed E-state index contributed by atoms with van der Waals surface area (Å²) in [5, 5.41) is 5.04. The van der Waals surface area contributed by atoms with Crippen molar-refractivity contribution in [2.24, 2.45) is 4.99 Å². The molecule has 2 aromatic carbocycles. The first-order valence-corrected chi connectivity index (χ1v) is 10.7. The van der Waals surface area contributed by atoms with Crippen molar-refractivity contribution in [1.29, 1.82) is 0 Å². The first-order valence-electron chi connectivity index (χ1n) is 9.86. The first kappa shape index (κ1) is 19.5. The van der Waals surface area contributed by atoms with E-state index in [0.717, 1.165) is 28.2 Å². The van der Waals surface area contributed by atoms with E-state index in [1.54, 1.807) is 11.3 Å². The number of aromatic nitrogens is 1. The predicted molar refractivity (Wildman–Crippen MR) is 118 cm³/mol. The SMILES string of the molecule is CCC(C)n1c(-c2ccc3c(c2)NC(=O)CO3)csc1=Nc1cccc(C)c1C. The second-order valence-corrected chi connectivity index (χ2v) is 8.25. The molecule has 4 rings (SSSR count). The summed E-state index contributed by atoms with van der Waals surface area (Å²) in [6, 6.07) is 12.5. The predicted octanol–water partition coefficient (Wildman–Crippen LogP) is 5.37. The Hall–Kier alpha value is -2.86. The number of carbonyl (C=O) groups is 1. The van der Waals surface area contributed by atoms with Crippen LogP contribution in [0.15, 0.2) is 46.8 Å². The lowest BCUT2D eigenvalue weighted by Crippen LogP contribution is -2.25. The van der Waals surface area contributed by atoms with Crippen LogP contribution in [0, 0.1) is 13.8 Å². The number of nitrogens with zero attached hydrogens (tertiary/aromatic N) is 2. The molecule has 0 bridgehead atoms. The van der Waals surface area contributed by atoms with Crippen molar-refractivity contribution in [3.05, 3.63) is 57.7 Å². The van der Waals surface area contributed by atoms with Crippen molar-refractivity contribution in [3.63, 3.8) is 0 Å². The van der Waals surface area contributed by atoms with Crippen LogP contribution >= 0.6 is 11.3 Å². The highest BCUT2D eigenvalue weighted by atomic mass is 32.1. The number of benzene rings is 2. The van der Waals surface area contributed by atoms with Gasteiger partial charge in [0.25, 0.3) is 5.91 Å². The molecule has 1 aliphatic heterocycles. The Morgan fingerprint density at radius 2 is 2.10 bits per heavy atom. The van der Waals surface area contributed by atoms with Crippen LogP contribution in [0.2, 0.25) is 0 Å². The molecule has 1 amide bonds. The Labute approximate surface area is 174 Å². The molecule has 0 radical (unpaired) electrons. The Morgan fingerprint density at radius 1 is 1.28 bits per heavy atom. The number of thiazole rings is 1. The first-order chi connectivity index (χ1) is 14.0. The van der Waals surface area contributed by atoms with E-state index in [1.807, 2.05) is 18.2 Å². The van der Waals surface area contributed by atoms with Crippen molar-refractivity contribution < 1.29 is 9.53 Å². The molecule has 3 aromatic rings. The Bertz CT molecular complexity index is 1140. The summed E-state index contributed by atoms with van der Waals surface area (Å²) in [5.74, 6) is 0.583. The second-order valence-electron chi connectivity index (χ2n) is 7.41. The summed E-state index contributed by atoms with van der Waals surface area (Å²) < 4.78 is 7.79. The average Bonchev–Trinajstić information content (AvgIpc) is 3.13. The molecule has 0 fully saturated rings. The molecule has 1 unspecified atom stereocenters. The standard InChI is InChI=1S/C23H25N3O2S/c1-5-15(3)26-20(17-9-10-21-19(11-17)24-22(27)12-28-21)13-29-23(26)25-18-8-6-7-14(2)16(18)4/h6-11,13,15H,5,12H2,1-4H3,(H,24,27). The zero-order valence-electron chi connectivity index (χ0n) is 17.2. The molecule has 29 heavy (non-hydrogen) atoms. The van der Waals surface area contributed by atoms with Crippen LogP contribution in [-0.2, 0) is 4.79 Å². The number of rotatable bonds is 4. The molecule has 0 saturated carbocycles. The maximum atomic E-state index is 11.7. The van der Waals surface area contributed by atoms with E-state index in [4.69, 9.17) is 9.73 Å². The molecular weight excluding hydrogens is 382 g/mol. The van der Waals surface area contributed by atoms with Crippen LogP contribution in [0.5, 0.6) is 5.75 Å². The number of anilines is 1. The number of nitrogens with one attached hydrogen (secondary N) is 1. The van der Waals surface area contributed by atoms with Crippen molar-refractivity contribution in [3.8, 4) is 17.0 Å². The van der Waals surface area contributed by atoms with Crippen LogP contribution in [0.1, 0.15) is 37.4 Å². The molecular formula is C23H25N3O2S. The van der Waals surface area contributed by atoms with Crippen molar-refractivity contribution in [2.75, 3.05) is 11.9 Å². The molecule has 1 N–H and O–H groups in total. The maximum absolute atomic E-state index is 11.7. The largest absolute Gasteiger partial charge is 0.482 e. The van der Waals surface area contributed by atoms with Gasteiger partial charge in [-0.1, -0.05) is 19.1 Å². The van der Waals surface area contributed by atoms with Gasteiger partial charge in [-0.15, -0.1) is 11.3 Å². The lowest BCUT2D eigenvalue weighted by Gasteiger charge is -2.20. The van der Waals surface area contributed by atoms with E-state index in [2.05, 4.69) is 61.2 Å². The Morgan fingerprint density at radius 3 is 2.90 bits per heavy atom. The van der Waals surface area contributed by atoms with E-state index in [9.17, 15) is 4.79 Å². The quantitative estimate of drug-likeness (QED) is 0.632. The van der Waals surface area contributed by atoms with Crippen LogP contribution in [0.4, 0.5) is 11.4 Å². The van der Waals surface area contributed by atoms with Gasteiger partial charge < -0.3 is 14.6 Å². The van der Waals surface area contributed by atoms with Gasteiger partial charge >= 0.3 is 0 Å². The molecule has 6 heteroatoms. The van der Waals surface area contributed by atoms with Gasteiger partial charge in [-0.3, -0.25) is 4.79 Å². The number of ether oxygens (including phenoxy) is 1. The third-order valence-electron chi connectivity index (χ3n) is 5.47. The topological polar surface area (TPSA) is 55.6 Å². The van der Waals surface area contributed by atoms with Crippen molar-refractivity contribution >= 4 is 28.6 Å². The van der Waals surface area contributed by atoms with E-state index >= 15 is 0 Å². The number of amides is 1. The smallest absolute Gasteiger partial charge is 0.262 e. The summed E-state index contributed by atoms with van der Waals surface area (Å²) in [4.78, 5) is 17.7. The number of hydrogen-bond acceptors (Lipinski definition) is 4. The molecule has 1 atom stereocenters. The fraction of sp³-hybridized carbons (Fsp3) is 0.304. The van der Waals surface area contributed by atoms with Gasteiger partial charge in [-0.2, -0.15) is 0 Å². The molecule has 1 aromatic heterocycles. The summed E-state index contributed by atoms with van der Waals surface area (Å²) >= 11 is 1.64. The van der Waals surface area contributed by atoms with Crippen molar-refractivity contribution in [2.45, 2.75) is 40.2 Å². The Balaban J connectivity index is 1.86. The molecule has 2 heterocycles. The summed E-state index contributed by atoms with van der Waals surface area (Å²) in [6.07, 6.45) is 0.995. The van der Waals surface area contributed by atoms with E-state index in [0.29, 0.717) is 17.5 Å². The summed E-state index contributed by atoms with van der Waals surface area (Å²) in [6.45, 7) is 8.68. The number of hydrogen-bond donors (Lipinski definition) is 1. The van der Waals surface area contributed by atoms with Gasteiger partial charge in [0.2, 0.25) is 0 Å². The lowest BCUT2D eigenvalue weighted by molar-refractivity contribution is -0.118. The molecule has 150 valence electrons. The monoisotopic (exact) mass is 407 g/mol. The third kappa shape index (κ3) is 3.72. The fourth-order valence-corrected chi connectivity index (χ4v) is 4.43. The second kappa shape index (κ2) is 7.87. The Kier molecular flexibility index (Phi) is 5.28. The zero-order valence-corrected chi connectivity index (χ0v) is 18.0. The number of aryl methyl sites for hydroxylation is 1. The van der Waals surface area contributed by atoms with Crippen molar-refractivity contribution in [1.82, 2.24) is 4.57 Å². The molecule has 0 aliphatic carbocycles. The lowest BCUT2D eigenvalue weighted by atomic mass is 10.1. The van der Waals surface area contributed by atoms with E-state index in [1.165, 1.54) is 11.1 Å². The van der Waals surface area contributed by atoms with Crippen LogP contribution in [0.3, 0.4) is 0 Å². The fourth-order valence-electron chi connectivity index (χ4n) is 3.42. The minimum absolute atomic E-state index is 0.0660. The van der Waals surface area contributed by atoms with Crippen LogP contribution < -0.4 is 14.9 Å². The average molecular weight is 408 g/mol.